The third kappa shape index (κ3) is 3.67. The second-order valence-electron chi connectivity index (χ2n) is 5.42. The highest BCUT2D eigenvalue weighted by Crippen LogP contribution is 2.23. The van der Waals surface area contributed by atoms with Crippen molar-refractivity contribution >= 4 is 5.91 Å². The van der Waals surface area contributed by atoms with Gasteiger partial charge in [-0.1, -0.05) is 0 Å². The Balaban J connectivity index is 2.16. The molecule has 0 fully saturated rings. The van der Waals surface area contributed by atoms with Gasteiger partial charge in [0.25, 0.3) is 5.91 Å². The number of aromatic nitrogens is 2. The van der Waals surface area contributed by atoms with Crippen molar-refractivity contribution in [2.24, 2.45) is 0 Å². The largest absolute Gasteiger partial charge is 0.496 e. The molecule has 0 aliphatic heterocycles. The van der Waals surface area contributed by atoms with E-state index in [1.54, 1.807) is 11.6 Å². The van der Waals surface area contributed by atoms with E-state index in [1.165, 1.54) is 13.2 Å². The van der Waals surface area contributed by atoms with Gasteiger partial charge in [0.05, 0.1) is 19.3 Å². The van der Waals surface area contributed by atoms with Gasteiger partial charge < -0.3 is 10.1 Å². The second-order valence-corrected chi connectivity index (χ2v) is 5.42. The molecule has 0 radical (unpaired) electrons. The summed E-state index contributed by atoms with van der Waals surface area (Å²) in [7, 11) is 1.29. The van der Waals surface area contributed by atoms with Gasteiger partial charge in [-0.15, -0.1) is 0 Å². The summed E-state index contributed by atoms with van der Waals surface area (Å²) >= 11 is 0. The van der Waals surface area contributed by atoms with Crippen LogP contribution < -0.4 is 10.1 Å². The molecule has 0 saturated carbocycles. The number of benzene rings is 1. The minimum Gasteiger partial charge on any atom is -0.496 e. The van der Waals surface area contributed by atoms with Crippen LogP contribution in [0.3, 0.4) is 0 Å². The van der Waals surface area contributed by atoms with E-state index in [0.717, 1.165) is 17.5 Å². The molecule has 0 aliphatic rings. The van der Waals surface area contributed by atoms with E-state index in [2.05, 4.69) is 10.4 Å². The van der Waals surface area contributed by atoms with Crippen LogP contribution in [0.2, 0.25) is 0 Å². The highest BCUT2D eigenvalue weighted by atomic mass is 19.2. The van der Waals surface area contributed by atoms with E-state index in [9.17, 15) is 13.6 Å². The molecule has 0 bridgehead atoms. The van der Waals surface area contributed by atoms with Crippen LogP contribution >= 0.6 is 0 Å². The first-order valence-electron chi connectivity index (χ1n) is 7.17. The third-order valence-electron chi connectivity index (χ3n) is 3.43. The molecule has 1 aromatic heterocycles. The average Bonchev–Trinajstić information content (AvgIpc) is 2.79. The number of ether oxygens (including phenoxy) is 1. The molecule has 0 aliphatic carbocycles. The minimum atomic E-state index is -1.22. The number of methoxy groups -OCH3 is 1. The Bertz CT molecular complexity index is 728. The van der Waals surface area contributed by atoms with Gasteiger partial charge in [-0.05, 0) is 39.0 Å². The lowest BCUT2D eigenvalue weighted by molar-refractivity contribution is 0.0927. The van der Waals surface area contributed by atoms with E-state index >= 15 is 0 Å². The zero-order chi connectivity index (χ0) is 17.1. The van der Waals surface area contributed by atoms with Crippen molar-refractivity contribution in [3.8, 4) is 5.75 Å². The van der Waals surface area contributed by atoms with Gasteiger partial charge in [-0.3, -0.25) is 9.48 Å². The van der Waals surface area contributed by atoms with Crippen molar-refractivity contribution < 1.29 is 18.3 Å². The van der Waals surface area contributed by atoms with Crippen LogP contribution in [0.5, 0.6) is 5.75 Å². The van der Waals surface area contributed by atoms with Crippen molar-refractivity contribution in [3.63, 3.8) is 0 Å². The fourth-order valence-electron chi connectivity index (χ4n) is 2.38. The quantitative estimate of drug-likeness (QED) is 0.920. The lowest BCUT2D eigenvalue weighted by Gasteiger charge is -2.16. The van der Waals surface area contributed by atoms with Gasteiger partial charge in [-0.2, -0.15) is 5.10 Å². The molecular weight excluding hydrogens is 304 g/mol. The smallest absolute Gasteiger partial charge is 0.258 e. The molecule has 0 spiro atoms. The molecule has 1 amide bonds. The van der Waals surface area contributed by atoms with Gasteiger partial charge >= 0.3 is 0 Å². The summed E-state index contributed by atoms with van der Waals surface area (Å²) in [6, 6.07) is 3.74. The number of halogens is 2. The maximum atomic E-state index is 13.9. The number of carbonyl (C=O) groups excluding carboxylic acids is 1. The molecule has 2 aromatic rings. The number of nitrogens with one attached hydrogen (secondary N) is 1. The number of rotatable bonds is 5. The van der Waals surface area contributed by atoms with Crippen LogP contribution in [-0.2, 0) is 6.54 Å². The third-order valence-corrected chi connectivity index (χ3v) is 3.43. The first kappa shape index (κ1) is 16.9. The Morgan fingerprint density at radius 3 is 2.65 bits per heavy atom. The number of carbonyl (C=O) groups is 1. The Kier molecular flexibility index (Phi) is 4.98. The van der Waals surface area contributed by atoms with E-state index in [4.69, 9.17) is 4.74 Å². The van der Waals surface area contributed by atoms with Gasteiger partial charge in [0.1, 0.15) is 11.3 Å². The molecule has 23 heavy (non-hydrogen) atoms. The van der Waals surface area contributed by atoms with Gasteiger partial charge in [0, 0.05) is 11.7 Å². The van der Waals surface area contributed by atoms with Crippen molar-refractivity contribution in [1.82, 2.24) is 15.1 Å². The lowest BCUT2D eigenvalue weighted by atomic mass is 10.1. The summed E-state index contributed by atoms with van der Waals surface area (Å²) in [5.41, 5.74) is 1.39. The molecule has 124 valence electrons. The Labute approximate surface area is 133 Å². The molecule has 0 saturated heterocycles. The van der Waals surface area contributed by atoms with E-state index in [1.807, 2.05) is 19.9 Å². The summed E-state index contributed by atoms with van der Waals surface area (Å²) in [6.45, 7) is 5.96. The SMILES string of the molecule is COc1ccc(F)c(F)c1C(=O)NC(C)Cn1nc(C)cc1C. The number of nitrogens with zero attached hydrogens (tertiary/aromatic N) is 2. The first-order valence-corrected chi connectivity index (χ1v) is 7.17. The van der Waals surface area contributed by atoms with E-state index in [0.29, 0.717) is 6.54 Å². The molecule has 2 rings (SSSR count). The Morgan fingerprint density at radius 2 is 2.09 bits per heavy atom. The maximum Gasteiger partial charge on any atom is 0.258 e. The average molecular weight is 323 g/mol. The Hall–Kier alpha value is -2.44. The van der Waals surface area contributed by atoms with Crippen molar-refractivity contribution in [1.29, 1.82) is 0 Å². The number of hydrogen-bond acceptors (Lipinski definition) is 3. The molecule has 1 unspecified atom stereocenters. The monoisotopic (exact) mass is 323 g/mol. The van der Waals surface area contributed by atoms with Crippen molar-refractivity contribution in [2.45, 2.75) is 33.4 Å². The highest BCUT2D eigenvalue weighted by molar-refractivity contribution is 5.97. The number of amides is 1. The van der Waals surface area contributed by atoms with Crippen LogP contribution in [0.15, 0.2) is 18.2 Å². The molecule has 5 nitrogen and oxygen atoms in total. The first-order chi connectivity index (χ1) is 10.8. The molecule has 1 N–H and O–H groups in total. The summed E-state index contributed by atoms with van der Waals surface area (Å²) in [5.74, 6) is -3.06. The van der Waals surface area contributed by atoms with Crippen molar-refractivity contribution in [2.75, 3.05) is 7.11 Å². The predicted molar refractivity (Wildman–Crippen MR) is 81.5 cm³/mol. The summed E-state index contributed by atoms with van der Waals surface area (Å²) < 4.78 is 34.0. The Morgan fingerprint density at radius 1 is 1.39 bits per heavy atom. The standard InChI is InChI=1S/C16H19F2N3O2/c1-9-7-11(3)21(20-9)8-10(2)19-16(22)14-13(23-4)6-5-12(17)15(14)18/h5-7,10H,8H2,1-4H3,(H,19,22). The van der Waals surface area contributed by atoms with Crippen LogP contribution in [-0.4, -0.2) is 28.8 Å². The molecule has 7 heteroatoms. The molecule has 1 heterocycles. The van der Waals surface area contributed by atoms with E-state index < -0.39 is 23.1 Å². The molecule has 1 aromatic carbocycles. The zero-order valence-electron chi connectivity index (χ0n) is 13.5. The summed E-state index contributed by atoms with van der Waals surface area (Å²) in [4.78, 5) is 12.3. The number of aryl methyl sites for hydroxylation is 2. The second kappa shape index (κ2) is 6.76. The molecular formula is C16H19F2N3O2. The topological polar surface area (TPSA) is 56.1 Å². The fourth-order valence-corrected chi connectivity index (χ4v) is 2.38. The van der Waals surface area contributed by atoms with E-state index in [-0.39, 0.29) is 11.8 Å². The van der Waals surface area contributed by atoms with Crippen molar-refractivity contribution in [3.05, 3.63) is 46.8 Å². The minimum absolute atomic E-state index is 0.0142. The van der Waals surface area contributed by atoms with Crippen LogP contribution in [0.25, 0.3) is 0 Å². The highest BCUT2D eigenvalue weighted by Gasteiger charge is 2.22. The van der Waals surface area contributed by atoms with Gasteiger partial charge in [-0.25, -0.2) is 8.78 Å². The summed E-state index contributed by atoms with van der Waals surface area (Å²) in [6.07, 6.45) is 0. The number of hydrogen-bond donors (Lipinski definition) is 1. The fraction of sp³-hybridized carbons (Fsp3) is 0.375. The maximum absolute atomic E-state index is 13.9. The predicted octanol–water partition coefficient (Wildman–Crippen LogP) is 2.61. The van der Waals surface area contributed by atoms with Gasteiger partial charge in [0.15, 0.2) is 11.6 Å². The lowest BCUT2D eigenvalue weighted by Crippen LogP contribution is -2.37. The van der Waals surface area contributed by atoms with Crippen LogP contribution in [0.4, 0.5) is 8.78 Å². The molecule has 1 atom stereocenters. The van der Waals surface area contributed by atoms with Crippen LogP contribution in [0, 0.1) is 25.5 Å². The summed E-state index contributed by atoms with van der Waals surface area (Å²) in [5, 5.41) is 6.94. The van der Waals surface area contributed by atoms with Crippen LogP contribution in [0.1, 0.15) is 28.7 Å². The zero-order valence-corrected chi connectivity index (χ0v) is 13.5. The normalized spacial score (nSPS) is 12.1. The van der Waals surface area contributed by atoms with Gasteiger partial charge in [0.2, 0.25) is 0 Å².